The third-order valence-electron chi connectivity index (χ3n) is 4.86. The van der Waals surface area contributed by atoms with Crippen LogP contribution in [0.2, 0.25) is 0 Å². The molecule has 1 atom stereocenters. The van der Waals surface area contributed by atoms with Crippen LogP contribution in [-0.2, 0) is 4.79 Å². The predicted octanol–water partition coefficient (Wildman–Crippen LogP) is 4.59. The fraction of sp³-hybridized carbons (Fsp3) is 0.588. The van der Waals surface area contributed by atoms with Crippen LogP contribution in [0.5, 0.6) is 0 Å². The number of nitrogens with zero attached hydrogens (tertiary/aromatic N) is 1. The number of carbonyl (C=O) groups is 1. The van der Waals surface area contributed by atoms with Crippen LogP contribution in [0.1, 0.15) is 39.0 Å². The molecule has 1 saturated heterocycles. The van der Waals surface area contributed by atoms with E-state index in [1.165, 1.54) is 25.7 Å². The largest absolute Gasteiger partial charge is 0.370 e. The van der Waals surface area contributed by atoms with Crippen molar-refractivity contribution in [3.8, 4) is 0 Å². The predicted molar refractivity (Wildman–Crippen MR) is 92.9 cm³/mol. The summed E-state index contributed by atoms with van der Waals surface area (Å²) in [5, 5.41) is 3.04. The van der Waals surface area contributed by atoms with Crippen molar-refractivity contribution < 1.29 is 4.79 Å². The van der Waals surface area contributed by atoms with Gasteiger partial charge in [0.05, 0.1) is 16.8 Å². The van der Waals surface area contributed by atoms with Crippen molar-refractivity contribution in [2.24, 2.45) is 5.41 Å². The van der Waals surface area contributed by atoms with Crippen molar-refractivity contribution in [2.45, 2.75) is 43.4 Å². The van der Waals surface area contributed by atoms with E-state index in [-0.39, 0.29) is 5.91 Å². The molecule has 0 radical (unpaired) electrons. The fourth-order valence-corrected chi connectivity index (χ4v) is 3.78. The summed E-state index contributed by atoms with van der Waals surface area (Å²) in [6, 6.07) is 7.99. The number of hydrogen-bond donors (Lipinski definition) is 1. The maximum atomic E-state index is 12.5. The van der Waals surface area contributed by atoms with Gasteiger partial charge in [0.2, 0.25) is 5.91 Å². The minimum absolute atomic E-state index is 0.0974. The second-order valence-electron chi connectivity index (χ2n) is 6.59. The van der Waals surface area contributed by atoms with Gasteiger partial charge < -0.3 is 10.2 Å². The Morgan fingerprint density at radius 3 is 2.32 bits per heavy atom. The fourth-order valence-electron chi connectivity index (χ4n) is 3.07. The Bertz CT molecular complexity index is 568. The molecule has 0 spiro atoms. The van der Waals surface area contributed by atoms with Gasteiger partial charge in [-0.15, -0.1) is 23.2 Å². The number of rotatable bonds is 3. The third-order valence-corrected chi connectivity index (χ3v) is 5.96. The summed E-state index contributed by atoms with van der Waals surface area (Å²) in [5.74, 6) is -0.0974. The van der Waals surface area contributed by atoms with Gasteiger partial charge in [-0.25, -0.2) is 0 Å². The van der Waals surface area contributed by atoms with Crippen LogP contribution in [0.3, 0.4) is 0 Å². The van der Waals surface area contributed by atoms with Crippen LogP contribution in [-0.4, -0.2) is 23.3 Å². The number of alkyl halides is 2. The van der Waals surface area contributed by atoms with Gasteiger partial charge in [-0.1, -0.05) is 25.0 Å². The lowest BCUT2D eigenvalue weighted by atomic mass is 10.1. The van der Waals surface area contributed by atoms with E-state index in [4.69, 9.17) is 23.2 Å². The van der Waals surface area contributed by atoms with E-state index in [0.717, 1.165) is 24.5 Å². The van der Waals surface area contributed by atoms with E-state index in [2.05, 4.69) is 16.3 Å². The summed E-state index contributed by atoms with van der Waals surface area (Å²) in [6.07, 6.45) is 5.47. The summed E-state index contributed by atoms with van der Waals surface area (Å²) in [5.41, 5.74) is 1.26. The summed E-state index contributed by atoms with van der Waals surface area (Å²) >= 11 is 12.2. The van der Waals surface area contributed by atoms with Crippen LogP contribution < -0.4 is 10.2 Å². The van der Waals surface area contributed by atoms with Crippen molar-refractivity contribution in [3.63, 3.8) is 0 Å². The molecule has 3 rings (SSSR count). The zero-order valence-corrected chi connectivity index (χ0v) is 14.4. The lowest BCUT2D eigenvalue weighted by molar-refractivity contribution is -0.120. The van der Waals surface area contributed by atoms with Crippen LogP contribution in [0.4, 0.5) is 11.4 Å². The van der Waals surface area contributed by atoms with E-state index < -0.39 is 9.75 Å². The molecule has 120 valence electrons. The molecule has 3 nitrogen and oxygen atoms in total. The minimum atomic E-state index is -0.936. The van der Waals surface area contributed by atoms with E-state index in [9.17, 15) is 4.79 Å². The Hall–Kier alpha value is -0.930. The average molecular weight is 341 g/mol. The number of hydrogen-bond acceptors (Lipinski definition) is 2. The summed E-state index contributed by atoms with van der Waals surface area (Å²) in [4.78, 5) is 14.9. The normalized spacial score (nSPS) is 27.1. The Morgan fingerprint density at radius 2 is 1.73 bits per heavy atom. The molecule has 1 saturated carbocycles. The number of benzene rings is 1. The Morgan fingerprint density at radius 1 is 1.14 bits per heavy atom. The first-order valence-corrected chi connectivity index (χ1v) is 8.73. The minimum Gasteiger partial charge on any atom is -0.370 e. The zero-order chi connectivity index (χ0) is 15.8. The van der Waals surface area contributed by atoms with Gasteiger partial charge in [-0.3, -0.25) is 4.79 Å². The van der Waals surface area contributed by atoms with Crippen molar-refractivity contribution in [2.75, 3.05) is 23.3 Å². The van der Waals surface area contributed by atoms with Gasteiger partial charge in [-0.2, -0.15) is 0 Å². The smallest absolute Gasteiger partial charge is 0.233 e. The second-order valence-corrected chi connectivity index (χ2v) is 8.07. The van der Waals surface area contributed by atoms with Crippen molar-refractivity contribution in [1.29, 1.82) is 0 Å². The lowest BCUT2D eigenvalue weighted by Gasteiger charge is -2.26. The molecule has 1 aliphatic carbocycles. The molecule has 1 aromatic carbocycles. The first kappa shape index (κ1) is 15.9. The number of amides is 1. The zero-order valence-electron chi connectivity index (χ0n) is 12.9. The van der Waals surface area contributed by atoms with Crippen LogP contribution in [0, 0.1) is 5.41 Å². The highest BCUT2D eigenvalue weighted by atomic mass is 35.5. The highest BCUT2D eigenvalue weighted by Crippen LogP contribution is 2.64. The number of halogens is 2. The lowest BCUT2D eigenvalue weighted by Crippen LogP contribution is -2.29. The van der Waals surface area contributed by atoms with E-state index >= 15 is 0 Å². The molecule has 1 aliphatic heterocycles. The van der Waals surface area contributed by atoms with Crippen molar-refractivity contribution in [1.82, 2.24) is 0 Å². The van der Waals surface area contributed by atoms with Gasteiger partial charge in [0, 0.05) is 13.1 Å². The summed E-state index contributed by atoms with van der Waals surface area (Å²) in [6.45, 7) is 3.90. The molecule has 1 heterocycles. The maximum Gasteiger partial charge on any atom is 0.233 e. The van der Waals surface area contributed by atoms with Gasteiger partial charge in [0.1, 0.15) is 4.33 Å². The monoisotopic (exact) mass is 340 g/mol. The number of para-hydroxylation sites is 2. The SMILES string of the molecule is C[C@]1(C(=O)Nc2ccccc2N2CCCCCC2)CC1(Cl)Cl. The molecule has 1 aromatic rings. The van der Waals surface area contributed by atoms with Crippen molar-refractivity contribution in [3.05, 3.63) is 24.3 Å². The van der Waals surface area contributed by atoms with Gasteiger partial charge in [0.15, 0.2) is 0 Å². The topological polar surface area (TPSA) is 32.3 Å². The highest BCUT2D eigenvalue weighted by Gasteiger charge is 2.67. The molecule has 0 bridgehead atoms. The van der Waals surface area contributed by atoms with Gasteiger partial charge in [0.25, 0.3) is 0 Å². The van der Waals surface area contributed by atoms with Gasteiger partial charge in [-0.05, 0) is 38.3 Å². The molecule has 5 heteroatoms. The molecule has 1 amide bonds. The van der Waals surface area contributed by atoms with Gasteiger partial charge >= 0.3 is 0 Å². The van der Waals surface area contributed by atoms with E-state index in [0.29, 0.717) is 6.42 Å². The Labute approximate surface area is 142 Å². The van der Waals surface area contributed by atoms with Crippen LogP contribution >= 0.6 is 23.2 Å². The van der Waals surface area contributed by atoms with Crippen LogP contribution in [0.25, 0.3) is 0 Å². The summed E-state index contributed by atoms with van der Waals surface area (Å²) < 4.78 is -0.936. The summed E-state index contributed by atoms with van der Waals surface area (Å²) in [7, 11) is 0. The Balaban J connectivity index is 1.78. The molecule has 0 unspecified atom stereocenters. The molecule has 0 aromatic heterocycles. The second kappa shape index (κ2) is 5.93. The van der Waals surface area contributed by atoms with E-state index in [1.807, 2.05) is 25.1 Å². The highest BCUT2D eigenvalue weighted by molar-refractivity contribution is 6.53. The maximum absolute atomic E-state index is 12.5. The van der Waals surface area contributed by atoms with E-state index in [1.54, 1.807) is 0 Å². The molecular weight excluding hydrogens is 319 g/mol. The molecule has 2 aliphatic rings. The van der Waals surface area contributed by atoms with Crippen molar-refractivity contribution >= 4 is 40.5 Å². The quantitative estimate of drug-likeness (QED) is 0.816. The third kappa shape index (κ3) is 2.93. The molecule has 22 heavy (non-hydrogen) atoms. The Kier molecular flexibility index (Phi) is 4.30. The molecule has 1 N–H and O–H groups in total. The first-order chi connectivity index (χ1) is 10.4. The molecule has 2 fully saturated rings. The van der Waals surface area contributed by atoms with Crippen LogP contribution in [0.15, 0.2) is 24.3 Å². The number of carbonyl (C=O) groups excluding carboxylic acids is 1. The number of nitrogens with one attached hydrogen (secondary N) is 1. The standard InChI is InChI=1S/C17H22Cl2N2O/c1-16(12-17(16,18)19)15(22)20-13-8-4-5-9-14(13)21-10-6-2-3-7-11-21/h4-5,8-9H,2-3,6-7,10-12H2,1H3,(H,20,22)/t16-/m1/s1. The average Bonchev–Trinajstić information content (AvgIpc) is 3.11. The number of anilines is 2. The molecular formula is C17H22Cl2N2O. The first-order valence-electron chi connectivity index (χ1n) is 7.97.